The molecule has 1 saturated heterocycles. The number of nitrogens with zero attached hydrogens (tertiary/aromatic N) is 1. The van der Waals surface area contributed by atoms with Crippen LogP contribution in [0.5, 0.6) is 0 Å². The molecular formula is C25H18FNO5. The van der Waals surface area contributed by atoms with Gasteiger partial charge in [0.25, 0.3) is 11.7 Å². The molecule has 0 radical (unpaired) electrons. The minimum atomic E-state index is -1.20. The van der Waals surface area contributed by atoms with Crippen molar-refractivity contribution in [1.29, 1.82) is 0 Å². The van der Waals surface area contributed by atoms with Gasteiger partial charge >= 0.3 is 5.97 Å². The summed E-state index contributed by atoms with van der Waals surface area (Å²) in [5, 5.41) is 20.3. The Morgan fingerprint density at radius 1 is 0.906 bits per heavy atom. The van der Waals surface area contributed by atoms with Crippen LogP contribution >= 0.6 is 0 Å². The minimum absolute atomic E-state index is 0.0825. The number of benzene rings is 3. The summed E-state index contributed by atoms with van der Waals surface area (Å²) in [4.78, 5) is 38.6. The highest BCUT2D eigenvalue weighted by molar-refractivity contribution is 6.51. The first-order chi connectivity index (χ1) is 15.3. The molecule has 0 bridgehead atoms. The molecule has 3 aromatic rings. The highest BCUT2D eigenvalue weighted by atomic mass is 19.1. The average molecular weight is 431 g/mol. The second kappa shape index (κ2) is 8.11. The summed E-state index contributed by atoms with van der Waals surface area (Å²) in [6, 6.07) is 16.5. The highest BCUT2D eigenvalue weighted by Crippen LogP contribution is 2.42. The van der Waals surface area contributed by atoms with E-state index in [1.54, 1.807) is 24.3 Å². The molecule has 1 heterocycles. The lowest BCUT2D eigenvalue weighted by molar-refractivity contribution is -0.132. The van der Waals surface area contributed by atoms with Crippen molar-refractivity contribution < 1.29 is 29.0 Å². The van der Waals surface area contributed by atoms with Gasteiger partial charge in [0.1, 0.15) is 11.6 Å². The Morgan fingerprint density at radius 2 is 1.59 bits per heavy atom. The fraction of sp³-hybridized carbons (Fsp3) is 0.0800. The van der Waals surface area contributed by atoms with Crippen LogP contribution in [0.15, 0.2) is 78.4 Å². The van der Waals surface area contributed by atoms with Crippen LogP contribution in [0, 0.1) is 12.7 Å². The number of carboxylic acid groups (broad SMARTS) is 1. The van der Waals surface area contributed by atoms with E-state index in [0.29, 0.717) is 5.56 Å². The fourth-order valence-electron chi connectivity index (χ4n) is 3.75. The molecule has 0 saturated carbocycles. The van der Waals surface area contributed by atoms with E-state index < -0.39 is 35.3 Å². The van der Waals surface area contributed by atoms with Crippen molar-refractivity contribution in [3.8, 4) is 0 Å². The zero-order chi connectivity index (χ0) is 23.0. The lowest BCUT2D eigenvalue weighted by Gasteiger charge is -2.25. The second-order valence-corrected chi connectivity index (χ2v) is 7.45. The number of carbonyl (C=O) groups excluding carboxylic acids is 2. The first kappa shape index (κ1) is 21.0. The Hall–Kier alpha value is -4.26. The maximum absolute atomic E-state index is 14.1. The Balaban J connectivity index is 1.96. The zero-order valence-corrected chi connectivity index (χ0v) is 16.9. The van der Waals surface area contributed by atoms with Gasteiger partial charge in [0.2, 0.25) is 0 Å². The van der Waals surface area contributed by atoms with Crippen molar-refractivity contribution in [1.82, 2.24) is 0 Å². The van der Waals surface area contributed by atoms with E-state index in [9.17, 15) is 29.0 Å². The topological polar surface area (TPSA) is 94.9 Å². The number of anilines is 1. The number of amides is 1. The molecule has 1 fully saturated rings. The number of hydrogen-bond donors (Lipinski definition) is 2. The number of ketones is 1. The molecule has 3 aromatic carbocycles. The summed E-state index contributed by atoms with van der Waals surface area (Å²) in [5.41, 5.74) is 1.39. The third kappa shape index (κ3) is 3.65. The molecule has 0 aromatic heterocycles. The van der Waals surface area contributed by atoms with E-state index in [2.05, 4.69) is 0 Å². The van der Waals surface area contributed by atoms with Gasteiger partial charge in [-0.2, -0.15) is 0 Å². The molecule has 1 aliphatic heterocycles. The van der Waals surface area contributed by atoms with Crippen molar-refractivity contribution in [2.75, 3.05) is 4.90 Å². The van der Waals surface area contributed by atoms with Crippen LogP contribution in [-0.2, 0) is 9.59 Å². The molecule has 160 valence electrons. The van der Waals surface area contributed by atoms with Crippen LogP contribution in [-0.4, -0.2) is 27.9 Å². The monoisotopic (exact) mass is 431 g/mol. The number of aromatic carboxylic acids is 1. The van der Waals surface area contributed by atoms with Crippen molar-refractivity contribution in [3.05, 3.63) is 106 Å². The van der Waals surface area contributed by atoms with Crippen LogP contribution in [0.25, 0.3) is 5.76 Å². The molecular weight excluding hydrogens is 413 g/mol. The predicted octanol–water partition coefficient (Wildman–Crippen LogP) is 4.46. The molecule has 32 heavy (non-hydrogen) atoms. The van der Waals surface area contributed by atoms with Crippen molar-refractivity contribution in [2.45, 2.75) is 13.0 Å². The number of halogens is 1. The van der Waals surface area contributed by atoms with Crippen molar-refractivity contribution in [2.24, 2.45) is 0 Å². The Bertz CT molecular complexity index is 1280. The quantitative estimate of drug-likeness (QED) is 0.361. The van der Waals surface area contributed by atoms with Crippen LogP contribution in [0.2, 0.25) is 0 Å². The van der Waals surface area contributed by atoms with E-state index in [4.69, 9.17) is 0 Å². The van der Waals surface area contributed by atoms with Crippen LogP contribution in [0.1, 0.15) is 33.1 Å². The lowest BCUT2D eigenvalue weighted by atomic mass is 9.94. The molecule has 1 atom stereocenters. The molecule has 1 amide bonds. The standard InChI is InChI=1S/C25H18FNO5/c1-14-8-10-15(11-9-14)22(28)20-21(16-4-2-6-18(26)12-16)27(24(30)23(20)29)19-7-3-5-17(13-19)25(31)32/h2-13,21,28H,1H3,(H,31,32)/b22-20+. The van der Waals surface area contributed by atoms with Gasteiger partial charge in [-0.1, -0.05) is 48.0 Å². The predicted molar refractivity (Wildman–Crippen MR) is 116 cm³/mol. The van der Waals surface area contributed by atoms with Gasteiger partial charge in [-0.15, -0.1) is 0 Å². The number of aliphatic hydroxyl groups is 1. The summed E-state index contributed by atoms with van der Waals surface area (Å²) in [7, 11) is 0. The molecule has 4 rings (SSSR count). The number of Topliss-reactive ketones (excluding diaryl/α,β-unsaturated/α-hetero) is 1. The van der Waals surface area contributed by atoms with E-state index in [1.165, 1.54) is 48.5 Å². The SMILES string of the molecule is Cc1ccc(/C(O)=C2\C(=O)C(=O)N(c3cccc(C(=O)O)c3)C2c2cccc(F)c2)cc1. The normalized spacial score (nSPS) is 17.6. The summed E-state index contributed by atoms with van der Waals surface area (Å²) >= 11 is 0. The zero-order valence-electron chi connectivity index (χ0n) is 16.9. The van der Waals surface area contributed by atoms with Gasteiger partial charge in [0.15, 0.2) is 0 Å². The maximum atomic E-state index is 14.1. The van der Waals surface area contributed by atoms with E-state index in [0.717, 1.165) is 10.5 Å². The Morgan fingerprint density at radius 3 is 2.25 bits per heavy atom. The smallest absolute Gasteiger partial charge is 0.335 e. The number of aliphatic hydroxyl groups excluding tert-OH is 1. The summed E-state index contributed by atoms with van der Waals surface area (Å²) < 4.78 is 14.1. The number of hydrogen-bond acceptors (Lipinski definition) is 4. The number of rotatable bonds is 4. The Kier molecular flexibility index (Phi) is 5.32. The van der Waals surface area contributed by atoms with E-state index in [-0.39, 0.29) is 22.4 Å². The molecule has 2 N–H and O–H groups in total. The third-order valence-corrected chi connectivity index (χ3v) is 5.31. The first-order valence-corrected chi connectivity index (χ1v) is 9.75. The van der Waals surface area contributed by atoms with E-state index >= 15 is 0 Å². The molecule has 7 heteroatoms. The Labute approximate surface area is 182 Å². The second-order valence-electron chi connectivity index (χ2n) is 7.45. The molecule has 0 aliphatic carbocycles. The minimum Gasteiger partial charge on any atom is -0.507 e. The molecule has 6 nitrogen and oxygen atoms in total. The average Bonchev–Trinajstić information content (AvgIpc) is 3.04. The largest absolute Gasteiger partial charge is 0.507 e. The lowest BCUT2D eigenvalue weighted by Crippen LogP contribution is -2.29. The van der Waals surface area contributed by atoms with Crippen molar-refractivity contribution >= 4 is 29.1 Å². The molecule has 1 unspecified atom stereocenters. The maximum Gasteiger partial charge on any atom is 0.335 e. The van der Waals surface area contributed by atoms with E-state index in [1.807, 2.05) is 6.92 Å². The third-order valence-electron chi connectivity index (χ3n) is 5.31. The number of aryl methyl sites for hydroxylation is 1. The number of carbonyl (C=O) groups is 3. The summed E-state index contributed by atoms with van der Waals surface area (Å²) in [5.74, 6) is -4.07. The van der Waals surface area contributed by atoms with Gasteiger partial charge in [0.05, 0.1) is 17.2 Å². The van der Waals surface area contributed by atoms with Gasteiger partial charge in [-0.3, -0.25) is 14.5 Å². The first-order valence-electron chi connectivity index (χ1n) is 9.75. The van der Waals surface area contributed by atoms with Gasteiger partial charge in [-0.05, 0) is 42.8 Å². The van der Waals surface area contributed by atoms with Gasteiger partial charge in [-0.25, -0.2) is 9.18 Å². The number of carboxylic acids is 1. The summed E-state index contributed by atoms with van der Waals surface area (Å²) in [6.07, 6.45) is 0. The molecule has 1 aliphatic rings. The van der Waals surface area contributed by atoms with Crippen LogP contribution in [0.3, 0.4) is 0 Å². The van der Waals surface area contributed by atoms with Crippen LogP contribution < -0.4 is 4.90 Å². The molecule has 0 spiro atoms. The van der Waals surface area contributed by atoms with Crippen molar-refractivity contribution in [3.63, 3.8) is 0 Å². The fourth-order valence-corrected chi connectivity index (χ4v) is 3.75. The summed E-state index contributed by atoms with van der Waals surface area (Å²) in [6.45, 7) is 1.87. The van der Waals surface area contributed by atoms with Crippen LogP contribution in [0.4, 0.5) is 10.1 Å². The van der Waals surface area contributed by atoms with Gasteiger partial charge < -0.3 is 10.2 Å². The highest BCUT2D eigenvalue weighted by Gasteiger charge is 2.47. The van der Waals surface area contributed by atoms with Gasteiger partial charge in [0, 0.05) is 11.3 Å².